The lowest BCUT2D eigenvalue weighted by Crippen LogP contribution is -2.21. The number of rotatable bonds is 10. The summed E-state index contributed by atoms with van der Waals surface area (Å²) in [6, 6.07) is 113. The van der Waals surface area contributed by atoms with Gasteiger partial charge in [-0.1, -0.05) is 303 Å². The zero-order valence-electron chi connectivity index (χ0n) is 45.7. The fraction of sp³-hybridized carbons (Fsp3) is 0.0488. The van der Waals surface area contributed by atoms with Crippen molar-refractivity contribution in [1.29, 1.82) is 0 Å². The van der Waals surface area contributed by atoms with E-state index >= 15 is 0 Å². The predicted octanol–water partition coefficient (Wildman–Crippen LogP) is 21.3. The van der Waals surface area contributed by atoms with Crippen LogP contribution in [0.1, 0.15) is 44.5 Å². The van der Waals surface area contributed by atoms with Gasteiger partial charge in [-0.3, -0.25) is 0 Å². The molecule has 2 aliphatic carbocycles. The molecule has 0 amide bonds. The summed E-state index contributed by atoms with van der Waals surface area (Å²) in [6.45, 7) is 0. The molecule has 0 aliphatic heterocycles. The minimum atomic E-state index is 0.761. The molecule has 0 saturated heterocycles. The van der Waals surface area contributed by atoms with Crippen LogP contribution in [0, 0.1) is 0 Å². The average Bonchev–Trinajstić information content (AvgIpc) is 2.54. The van der Waals surface area contributed by atoms with E-state index in [0.717, 1.165) is 25.7 Å². The molecule has 0 unspecified atom stereocenters. The Balaban J connectivity index is 1.11. The molecule has 0 radical (unpaired) electrons. The minimum absolute atomic E-state index is 0.761. The van der Waals surface area contributed by atoms with Crippen molar-refractivity contribution in [3.8, 4) is 111 Å². The Morgan fingerprint density at radius 1 is 0.110 bits per heavy atom. The van der Waals surface area contributed by atoms with Gasteiger partial charge in [-0.25, -0.2) is 0 Å². The lowest BCUT2D eigenvalue weighted by Gasteiger charge is -2.38. The van der Waals surface area contributed by atoms with Crippen molar-refractivity contribution in [2.75, 3.05) is 0 Å². The van der Waals surface area contributed by atoms with Crippen LogP contribution in [-0.4, -0.2) is 0 Å². The fourth-order valence-electron chi connectivity index (χ4n) is 14.1. The van der Waals surface area contributed by atoms with Crippen LogP contribution in [0.25, 0.3) is 111 Å². The molecule has 2 aliphatic rings. The van der Waals surface area contributed by atoms with Crippen LogP contribution in [-0.2, 0) is 25.7 Å². The minimum Gasteiger partial charge on any atom is -0.0622 e. The maximum absolute atomic E-state index is 2.38. The van der Waals surface area contributed by atoms with Gasteiger partial charge in [0, 0.05) is 0 Å². The zero-order valence-corrected chi connectivity index (χ0v) is 45.7. The van der Waals surface area contributed by atoms with Gasteiger partial charge in [-0.2, -0.15) is 0 Å². The first-order chi connectivity index (χ1) is 40.8. The third kappa shape index (κ3) is 8.46. The molecule has 13 aromatic carbocycles. The maximum Gasteiger partial charge on any atom is -0.000696 e. The molecule has 82 heavy (non-hydrogen) atoms. The van der Waals surface area contributed by atoms with Crippen LogP contribution in [0.4, 0.5) is 0 Å². The van der Waals surface area contributed by atoms with E-state index in [1.54, 1.807) is 0 Å². The summed E-state index contributed by atoms with van der Waals surface area (Å²) in [7, 11) is 0. The van der Waals surface area contributed by atoms with E-state index < -0.39 is 0 Å². The maximum atomic E-state index is 2.38. The number of hydrogen-bond acceptors (Lipinski definition) is 0. The Bertz CT molecular complexity index is 3900. The first kappa shape index (κ1) is 48.9. The normalized spacial score (nSPS) is 12.2. The average molecular weight is 1040 g/mol. The summed E-state index contributed by atoms with van der Waals surface area (Å²) in [5, 5.41) is 0. The van der Waals surface area contributed by atoms with Crippen molar-refractivity contribution in [3.05, 3.63) is 348 Å². The van der Waals surface area contributed by atoms with Crippen molar-refractivity contribution >= 4 is 0 Å². The molecule has 15 rings (SSSR count). The Hall–Kier alpha value is -10.1. The molecular weight excluding hydrogens is 985 g/mol. The second-order valence-corrected chi connectivity index (χ2v) is 21.9. The van der Waals surface area contributed by atoms with Gasteiger partial charge in [0.1, 0.15) is 0 Å². The molecule has 0 bridgehead atoms. The van der Waals surface area contributed by atoms with Gasteiger partial charge in [0.15, 0.2) is 0 Å². The van der Waals surface area contributed by atoms with E-state index in [2.05, 4.69) is 303 Å². The predicted molar refractivity (Wildman–Crippen MR) is 345 cm³/mol. The molecular formula is C82H58. The van der Waals surface area contributed by atoms with Crippen LogP contribution in [0.15, 0.2) is 303 Å². The largest absolute Gasteiger partial charge is 0.0622 e. The fourth-order valence-corrected chi connectivity index (χ4v) is 14.1. The Labute approximate surface area is 482 Å². The molecule has 0 heterocycles. The Kier molecular flexibility index (Phi) is 12.6. The lowest BCUT2D eigenvalue weighted by atomic mass is 9.65. The van der Waals surface area contributed by atoms with Crippen molar-refractivity contribution in [1.82, 2.24) is 0 Å². The molecule has 0 spiro atoms. The Morgan fingerprint density at radius 3 is 0.366 bits per heavy atom. The summed E-state index contributed by atoms with van der Waals surface area (Å²) in [6.07, 6.45) is 3.04. The highest BCUT2D eigenvalue weighted by Gasteiger charge is 2.38. The van der Waals surface area contributed by atoms with Crippen LogP contribution < -0.4 is 0 Å². The van der Waals surface area contributed by atoms with Crippen LogP contribution in [0.5, 0.6) is 0 Å². The summed E-state index contributed by atoms with van der Waals surface area (Å²) in [5.41, 5.74) is 36.8. The van der Waals surface area contributed by atoms with Gasteiger partial charge in [0.2, 0.25) is 0 Å². The molecule has 0 atom stereocenters. The highest BCUT2D eigenvalue weighted by molar-refractivity contribution is 6.08. The van der Waals surface area contributed by atoms with Gasteiger partial charge >= 0.3 is 0 Å². The molecule has 0 aromatic heterocycles. The summed E-state index contributed by atoms with van der Waals surface area (Å²) >= 11 is 0. The standard InChI is InChI=1S/C82H58/c1-11-31-55(32-12-1)73-65-51-69-71(77(59-39-19-5-20-40-59)81(63-47-27-9-28-48-63)79(61-43-23-7-24-44-61)75(69)57-35-15-3-16-36-57)53-67(65)74(56-33-13-2-14-34-56)68-54-72-70(52-66(68)73)76(58-37-17-4-18-38-58)80(62-45-25-8-26-46-62)82(64-49-29-10-30-50-64)78(72)60-41-21-6-22-42-60/h1-50H,51-54H2. The number of hydrogen-bond donors (Lipinski definition) is 0. The lowest BCUT2D eigenvalue weighted by molar-refractivity contribution is 0.957. The second kappa shape index (κ2) is 21.2. The van der Waals surface area contributed by atoms with E-state index in [1.807, 2.05) is 0 Å². The summed E-state index contributed by atoms with van der Waals surface area (Å²) in [4.78, 5) is 0. The van der Waals surface area contributed by atoms with E-state index in [0.29, 0.717) is 0 Å². The van der Waals surface area contributed by atoms with Gasteiger partial charge in [-0.05, 0) is 181 Å². The van der Waals surface area contributed by atoms with Gasteiger partial charge in [0.05, 0.1) is 0 Å². The summed E-state index contributed by atoms with van der Waals surface area (Å²) in [5.74, 6) is 0. The van der Waals surface area contributed by atoms with Crippen molar-refractivity contribution in [2.45, 2.75) is 25.7 Å². The number of fused-ring (bicyclic) bond motifs is 4. The van der Waals surface area contributed by atoms with E-state index in [1.165, 1.54) is 156 Å². The first-order valence-electron chi connectivity index (χ1n) is 28.9. The van der Waals surface area contributed by atoms with Gasteiger partial charge in [-0.15, -0.1) is 0 Å². The molecule has 386 valence electrons. The van der Waals surface area contributed by atoms with Crippen molar-refractivity contribution < 1.29 is 0 Å². The quantitative estimate of drug-likeness (QED) is 0.128. The van der Waals surface area contributed by atoms with Crippen molar-refractivity contribution in [3.63, 3.8) is 0 Å². The molecule has 0 nitrogen and oxygen atoms in total. The highest BCUT2D eigenvalue weighted by Crippen LogP contribution is 2.58. The monoisotopic (exact) mass is 1040 g/mol. The molecule has 0 fully saturated rings. The smallest absolute Gasteiger partial charge is 0.000696 e. The van der Waals surface area contributed by atoms with Gasteiger partial charge in [0.25, 0.3) is 0 Å². The molecule has 13 aromatic rings. The third-order valence-corrected chi connectivity index (χ3v) is 17.4. The summed E-state index contributed by atoms with van der Waals surface area (Å²) < 4.78 is 0. The third-order valence-electron chi connectivity index (χ3n) is 17.4. The van der Waals surface area contributed by atoms with E-state index in [-0.39, 0.29) is 0 Å². The van der Waals surface area contributed by atoms with Crippen molar-refractivity contribution in [2.24, 2.45) is 0 Å². The molecule has 0 N–H and O–H groups in total. The molecule has 0 heteroatoms. The Morgan fingerprint density at radius 2 is 0.220 bits per heavy atom. The highest BCUT2D eigenvalue weighted by atomic mass is 14.4. The molecule has 0 saturated carbocycles. The van der Waals surface area contributed by atoms with Crippen LogP contribution >= 0.6 is 0 Å². The van der Waals surface area contributed by atoms with E-state index in [4.69, 9.17) is 0 Å². The van der Waals surface area contributed by atoms with Gasteiger partial charge < -0.3 is 0 Å². The van der Waals surface area contributed by atoms with E-state index in [9.17, 15) is 0 Å². The second-order valence-electron chi connectivity index (χ2n) is 21.9. The first-order valence-corrected chi connectivity index (χ1v) is 28.9. The van der Waals surface area contributed by atoms with Crippen LogP contribution in [0.3, 0.4) is 0 Å². The SMILES string of the molecule is c1ccc(-c2c3c(c(-c4ccccc4)c4c2Cc2c(c(-c5ccccc5)c(-c5ccccc5)c(-c5ccccc5)c2-c2ccccc2)C4)Cc2c(c(-c4ccccc4)c(-c4ccccc4)c(-c4ccccc4)c2-c2ccccc2)C3)cc1. The number of benzene rings is 13. The zero-order chi connectivity index (χ0) is 54.3. The topological polar surface area (TPSA) is 0 Å². The van der Waals surface area contributed by atoms with Crippen LogP contribution in [0.2, 0.25) is 0 Å².